The summed E-state index contributed by atoms with van der Waals surface area (Å²) in [5.74, 6) is -2.24. The van der Waals surface area contributed by atoms with Gasteiger partial charge in [-0.25, -0.2) is 9.18 Å². The van der Waals surface area contributed by atoms with Crippen LogP contribution in [0.15, 0.2) is 84.9 Å². The van der Waals surface area contributed by atoms with Crippen molar-refractivity contribution >= 4 is 23.5 Å². The van der Waals surface area contributed by atoms with Crippen molar-refractivity contribution in [1.82, 2.24) is 5.32 Å². The van der Waals surface area contributed by atoms with Gasteiger partial charge >= 0.3 is 5.97 Å². The maximum absolute atomic E-state index is 13.0. The molecule has 0 saturated heterocycles. The van der Waals surface area contributed by atoms with Crippen LogP contribution >= 0.6 is 0 Å². The molecule has 0 aliphatic carbocycles. The van der Waals surface area contributed by atoms with E-state index in [0.29, 0.717) is 16.8 Å². The van der Waals surface area contributed by atoms with Crippen LogP contribution in [0.25, 0.3) is 0 Å². The van der Waals surface area contributed by atoms with Crippen molar-refractivity contribution in [1.29, 1.82) is 0 Å². The van der Waals surface area contributed by atoms with Gasteiger partial charge in [0.15, 0.2) is 12.1 Å². The number of anilines is 1. The Morgan fingerprint density at radius 1 is 0.839 bits per heavy atom. The van der Waals surface area contributed by atoms with Crippen molar-refractivity contribution in [2.45, 2.75) is 19.1 Å². The summed E-state index contributed by atoms with van der Waals surface area (Å²) in [4.78, 5) is 37.8. The van der Waals surface area contributed by atoms with Gasteiger partial charge < -0.3 is 15.4 Å². The highest BCUT2D eigenvalue weighted by atomic mass is 19.1. The molecule has 0 heterocycles. The van der Waals surface area contributed by atoms with E-state index in [0.717, 1.165) is 0 Å². The average Bonchev–Trinajstić information content (AvgIpc) is 2.79. The Kier molecular flexibility index (Phi) is 7.11. The number of halogens is 1. The van der Waals surface area contributed by atoms with Gasteiger partial charge in [0.1, 0.15) is 5.82 Å². The molecule has 0 aromatic heterocycles. The first-order valence-electron chi connectivity index (χ1n) is 9.62. The molecule has 7 heteroatoms. The molecule has 2 N–H and O–H groups in total. The smallest absolute Gasteiger partial charge is 0.334 e. The standard InChI is InChI=1S/C24H21FN2O4/c1-16(22(28)26-20-14-12-19(25)13-15-20)31-24(30)21(17-8-4-2-5-9-17)27-23(29)18-10-6-3-7-11-18/h2-16,21H,1H3,(H,26,28)(H,27,29). The number of amides is 2. The second kappa shape index (κ2) is 10.2. The molecule has 0 saturated carbocycles. The van der Waals surface area contributed by atoms with E-state index < -0.39 is 35.7 Å². The first-order valence-corrected chi connectivity index (χ1v) is 9.62. The second-order valence-electron chi connectivity index (χ2n) is 6.76. The Labute approximate surface area is 179 Å². The van der Waals surface area contributed by atoms with Crippen LogP contribution in [0.3, 0.4) is 0 Å². The van der Waals surface area contributed by atoms with E-state index in [1.54, 1.807) is 60.7 Å². The van der Waals surface area contributed by atoms with Crippen molar-refractivity contribution < 1.29 is 23.5 Å². The number of esters is 1. The van der Waals surface area contributed by atoms with Crippen LogP contribution in [0, 0.1) is 5.82 Å². The number of carbonyl (C=O) groups excluding carboxylic acids is 3. The SMILES string of the molecule is CC(OC(=O)C(NC(=O)c1ccccc1)c1ccccc1)C(=O)Nc1ccc(F)cc1. The van der Waals surface area contributed by atoms with Gasteiger partial charge in [-0.2, -0.15) is 0 Å². The predicted molar refractivity (Wildman–Crippen MR) is 114 cm³/mol. The van der Waals surface area contributed by atoms with E-state index in [1.807, 2.05) is 0 Å². The first kappa shape index (κ1) is 21.7. The molecule has 2 amide bonds. The molecule has 6 nitrogen and oxygen atoms in total. The molecule has 31 heavy (non-hydrogen) atoms. The zero-order chi connectivity index (χ0) is 22.2. The van der Waals surface area contributed by atoms with Crippen molar-refractivity contribution in [2.75, 3.05) is 5.32 Å². The van der Waals surface area contributed by atoms with Gasteiger partial charge in [-0.3, -0.25) is 9.59 Å². The third-order valence-electron chi connectivity index (χ3n) is 4.45. The van der Waals surface area contributed by atoms with Gasteiger partial charge in [0, 0.05) is 11.3 Å². The number of hydrogen-bond acceptors (Lipinski definition) is 4. The molecular formula is C24H21FN2O4. The van der Waals surface area contributed by atoms with Crippen molar-refractivity contribution in [3.63, 3.8) is 0 Å². The van der Waals surface area contributed by atoms with E-state index in [-0.39, 0.29) is 0 Å². The lowest BCUT2D eigenvalue weighted by Gasteiger charge is -2.21. The molecule has 2 unspecified atom stereocenters. The van der Waals surface area contributed by atoms with Crippen LogP contribution < -0.4 is 10.6 Å². The summed E-state index contributed by atoms with van der Waals surface area (Å²) in [6.45, 7) is 1.41. The summed E-state index contributed by atoms with van der Waals surface area (Å²) < 4.78 is 18.3. The maximum Gasteiger partial charge on any atom is 0.334 e. The highest BCUT2D eigenvalue weighted by Gasteiger charge is 2.28. The number of benzene rings is 3. The molecule has 3 aromatic rings. The summed E-state index contributed by atoms with van der Waals surface area (Å²) in [6, 6.07) is 21.2. The van der Waals surface area contributed by atoms with Crippen LogP contribution in [0.4, 0.5) is 10.1 Å². The molecule has 0 bridgehead atoms. The van der Waals surface area contributed by atoms with E-state index >= 15 is 0 Å². The third kappa shape index (κ3) is 5.99. The lowest BCUT2D eigenvalue weighted by Crippen LogP contribution is -2.38. The zero-order valence-electron chi connectivity index (χ0n) is 16.7. The van der Waals surface area contributed by atoms with Crippen molar-refractivity contribution in [3.8, 4) is 0 Å². The van der Waals surface area contributed by atoms with Gasteiger partial charge in [0.2, 0.25) is 0 Å². The molecule has 0 fully saturated rings. The van der Waals surface area contributed by atoms with Crippen molar-refractivity contribution in [2.24, 2.45) is 0 Å². The molecule has 158 valence electrons. The van der Waals surface area contributed by atoms with Crippen LogP contribution in [-0.4, -0.2) is 23.9 Å². The molecule has 3 rings (SSSR count). The normalized spacial score (nSPS) is 12.3. The van der Waals surface area contributed by atoms with E-state index in [1.165, 1.54) is 31.2 Å². The van der Waals surface area contributed by atoms with E-state index in [4.69, 9.17) is 4.74 Å². The number of hydrogen-bond donors (Lipinski definition) is 2. The van der Waals surface area contributed by atoms with E-state index in [2.05, 4.69) is 10.6 Å². The van der Waals surface area contributed by atoms with Gasteiger partial charge in [-0.15, -0.1) is 0 Å². The molecule has 0 aliphatic heterocycles. The van der Waals surface area contributed by atoms with Crippen LogP contribution in [0.2, 0.25) is 0 Å². The number of nitrogens with one attached hydrogen (secondary N) is 2. The summed E-state index contributed by atoms with van der Waals surface area (Å²) in [5, 5.41) is 5.21. The zero-order valence-corrected chi connectivity index (χ0v) is 16.7. The fourth-order valence-electron chi connectivity index (χ4n) is 2.80. The van der Waals surface area contributed by atoms with Crippen LogP contribution in [0.5, 0.6) is 0 Å². The predicted octanol–water partition coefficient (Wildman–Crippen LogP) is 3.87. The lowest BCUT2D eigenvalue weighted by molar-refractivity contribution is -0.155. The Balaban J connectivity index is 1.71. The number of rotatable bonds is 7. The highest BCUT2D eigenvalue weighted by Crippen LogP contribution is 2.17. The Hall–Kier alpha value is -4.00. The minimum Gasteiger partial charge on any atom is -0.451 e. The molecule has 2 atom stereocenters. The lowest BCUT2D eigenvalue weighted by atomic mass is 10.1. The highest BCUT2D eigenvalue weighted by molar-refractivity contribution is 5.98. The Bertz CT molecular complexity index is 1040. The largest absolute Gasteiger partial charge is 0.451 e. The molecule has 0 radical (unpaired) electrons. The minimum absolute atomic E-state index is 0.367. The second-order valence-corrected chi connectivity index (χ2v) is 6.76. The summed E-state index contributed by atoms with van der Waals surface area (Å²) in [7, 11) is 0. The van der Waals surface area contributed by atoms with Gasteiger partial charge in [-0.1, -0.05) is 48.5 Å². The molecular weight excluding hydrogens is 399 g/mol. The van der Waals surface area contributed by atoms with Gasteiger partial charge in [0.25, 0.3) is 11.8 Å². The monoisotopic (exact) mass is 420 g/mol. The fraction of sp³-hybridized carbons (Fsp3) is 0.125. The quantitative estimate of drug-likeness (QED) is 0.569. The summed E-state index contributed by atoms with van der Waals surface area (Å²) in [6.07, 6.45) is -1.14. The topological polar surface area (TPSA) is 84.5 Å². The van der Waals surface area contributed by atoms with Crippen LogP contribution in [-0.2, 0) is 14.3 Å². The summed E-state index contributed by atoms with van der Waals surface area (Å²) in [5.41, 5.74) is 1.27. The van der Waals surface area contributed by atoms with Gasteiger partial charge in [-0.05, 0) is 48.9 Å². The fourth-order valence-corrected chi connectivity index (χ4v) is 2.80. The van der Waals surface area contributed by atoms with Crippen molar-refractivity contribution in [3.05, 3.63) is 102 Å². The van der Waals surface area contributed by atoms with Crippen LogP contribution in [0.1, 0.15) is 28.9 Å². The average molecular weight is 420 g/mol. The molecule has 0 spiro atoms. The maximum atomic E-state index is 13.0. The Morgan fingerprint density at radius 2 is 1.42 bits per heavy atom. The van der Waals surface area contributed by atoms with E-state index in [9.17, 15) is 18.8 Å². The van der Waals surface area contributed by atoms with Gasteiger partial charge in [0.05, 0.1) is 0 Å². The Morgan fingerprint density at radius 3 is 2.03 bits per heavy atom. The molecule has 3 aromatic carbocycles. The minimum atomic E-state index is -1.14. The summed E-state index contributed by atoms with van der Waals surface area (Å²) >= 11 is 0. The first-order chi connectivity index (χ1) is 14.9. The number of carbonyl (C=O) groups is 3. The number of ether oxygens (including phenoxy) is 1. The third-order valence-corrected chi connectivity index (χ3v) is 4.45. The molecule has 0 aliphatic rings.